The van der Waals surface area contributed by atoms with Crippen LogP contribution < -0.4 is 5.73 Å². The maximum Gasteiger partial charge on any atom is 0.159 e. The van der Waals surface area contributed by atoms with Crippen LogP contribution in [0.15, 0.2) is 12.3 Å². The van der Waals surface area contributed by atoms with E-state index in [2.05, 4.69) is 9.97 Å². The fraction of sp³-hybridized carbons (Fsp3) is 0.636. The van der Waals surface area contributed by atoms with Gasteiger partial charge in [-0.15, -0.1) is 0 Å². The summed E-state index contributed by atoms with van der Waals surface area (Å²) in [7, 11) is 1.65. The van der Waals surface area contributed by atoms with Crippen LogP contribution in [0, 0.1) is 0 Å². The Bertz CT molecular complexity index is 323. The van der Waals surface area contributed by atoms with Crippen LogP contribution in [0.5, 0.6) is 0 Å². The largest absolute Gasteiger partial charge is 0.371 e. The highest BCUT2D eigenvalue weighted by atomic mass is 16.5. The number of hydrogen-bond acceptors (Lipinski definition) is 4. The van der Waals surface area contributed by atoms with Gasteiger partial charge < -0.3 is 10.5 Å². The van der Waals surface area contributed by atoms with Gasteiger partial charge in [-0.2, -0.15) is 0 Å². The van der Waals surface area contributed by atoms with E-state index in [0.717, 1.165) is 12.1 Å². The number of methoxy groups -OCH3 is 1. The standard InChI is InChI=1S/C11H19N3O/c1-8(12)7-9-5-6-13-10(14-9)11(2,3)15-4/h5-6,8H,7,12H2,1-4H3. The van der Waals surface area contributed by atoms with Crippen LogP contribution >= 0.6 is 0 Å². The molecule has 1 atom stereocenters. The molecule has 2 N–H and O–H groups in total. The maximum absolute atomic E-state index is 5.72. The molecule has 0 radical (unpaired) electrons. The van der Waals surface area contributed by atoms with Crippen molar-refractivity contribution in [2.75, 3.05) is 7.11 Å². The lowest BCUT2D eigenvalue weighted by Gasteiger charge is -2.21. The number of nitrogens with two attached hydrogens (primary N) is 1. The van der Waals surface area contributed by atoms with Crippen LogP contribution in [0.4, 0.5) is 0 Å². The summed E-state index contributed by atoms with van der Waals surface area (Å²) in [6.45, 7) is 5.85. The zero-order chi connectivity index (χ0) is 11.5. The van der Waals surface area contributed by atoms with E-state index in [4.69, 9.17) is 10.5 Å². The van der Waals surface area contributed by atoms with Crippen molar-refractivity contribution < 1.29 is 4.74 Å². The second-order valence-electron chi connectivity index (χ2n) is 4.27. The smallest absolute Gasteiger partial charge is 0.159 e. The Hall–Kier alpha value is -1.00. The van der Waals surface area contributed by atoms with Crippen LogP contribution in [-0.2, 0) is 16.8 Å². The summed E-state index contributed by atoms with van der Waals surface area (Å²) >= 11 is 0. The van der Waals surface area contributed by atoms with Gasteiger partial charge in [0.15, 0.2) is 5.82 Å². The molecule has 0 aliphatic rings. The number of rotatable bonds is 4. The highest BCUT2D eigenvalue weighted by Crippen LogP contribution is 2.19. The van der Waals surface area contributed by atoms with Gasteiger partial charge in [0.1, 0.15) is 5.60 Å². The van der Waals surface area contributed by atoms with Crippen LogP contribution in [0.25, 0.3) is 0 Å². The first-order valence-electron chi connectivity index (χ1n) is 5.09. The number of aromatic nitrogens is 2. The average Bonchev–Trinajstić information content (AvgIpc) is 2.17. The molecule has 1 aromatic heterocycles. The van der Waals surface area contributed by atoms with E-state index in [1.54, 1.807) is 13.3 Å². The molecule has 0 amide bonds. The first-order chi connectivity index (χ1) is 6.95. The van der Waals surface area contributed by atoms with Gasteiger partial charge in [0.05, 0.1) is 0 Å². The Morgan fingerprint density at radius 2 is 2.20 bits per heavy atom. The van der Waals surface area contributed by atoms with E-state index in [1.807, 2.05) is 26.8 Å². The quantitative estimate of drug-likeness (QED) is 0.810. The van der Waals surface area contributed by atoms with Gasteiger partial charge >= 0.3 is 0 Å². The van der Waals surface area contributed by atoms with E-state index in [1.165, 1.54) is 0 Å². The zero-order valence-corrected chi connectivity index (χ0v) is 9.82. The lowest BCUT2D eigenvalue weighted by molar-refractivity contribution is 0.0112. The molecule has 0 saturated heterocycles. The van der Waals surface area contributed by atoms with Crippen molar-refractivity contribution in [1.29, 1.82) is 0 Å². The molecule has 84 valence electrons. The molecule has 1 aromatic rings. The van der Waals surface area contributed by atoms with E-state index in [9.17, 15) is 0 Å². The van der Waals surface area contributed by atoms with Gasteiger partial charge in [0.25, 0.3) is 0 Å². The lowest BCUT2D eigenvalue weighted by atomic mass is 10.1. The lowest BCUT2D eigenvalue weighted by Crippen LogP contribution is -2.25. The summed E-state index contributed by atoms with van der Waals surface area (Å²) in [5.41, 5.74) is 6.23. The molecular weight excluding hydrogens is 190 g/mol. The Kier molecular flexibility index (Phi) is 3.77. The summed E-state index contributed by atoms with van der Waals surface area (Å²) < 4.78 is 5.33. The van der Waals surface area contributed by atoms with Gasteiger partial charge in [-0.25, -0.2) is 9.97 Å². The Morgan fingerprint density at radius 3 is 2.73 bits per heavy atom. The molecule has 0 aromatic carbocycles. The summed E-state index contributed by atoms with van der Waals surface area (Å²) in [4.78, 5) is 8.65. The van der Waals surface area contributed by atoms with Crippen molar-refractivity contribution in [2.24, 2.45) is 5.73 Å². The summed E-state index contributed by atoms with van der Waals surface area (Å²) in [6, 6.07) is 2.00. The SMILES string of the molecule is COC(C)(C)c1nccc(CC(C)N)n1. The van der Waals surface area contributed by atoms with E-state index < -0.39 is 5.60 Å². The first kappa shape index (κ1) is 12.1. The predicted molar refractivity (Wildman–Crippen MR) is 59.4 cm³/mol. The van der Waals surface area contributed by atoms with Gasteiger partial charge in [-0.3, -0.25) is 0 Å². The van der Waals surface area contributed by atoms with Gasteiger partial charge in [-0.05, 0) is 26.8 Å². The number of nitrogens with zero attached hydrogens (tertiary/aromatic N) is 2. The fourth-order valence-electron chi connectivity index (χ4n) is 1.22. The Balaban J connectivity index is 2.92. The minimum atomic E-state index is -0.451. The summed E-state index contributed by atoms with van der Waals surface area (Å²) in [5, 5.41) is 0. The van der Waals surface area contributed by atoms with Gasteiger partial charge in [-0.1, -0.05) is 0 Å². The molecule has 0 aliphatic carbocycles. The van der Waals surface area contributed by atoms with Crippen LogP contribution in [-0.4, -0.2) is 23.1 Å². The van der Waals surface area contributed by atoms with Crippen LogP contribution in [0.1, 0.15) is 32.3 Å². The third-order valence-corrected chi connectivity index (χ3v) is 2.29. The van der Waals surface area contributed by atoms with Gasteiger partial charge in [0.2, 0.25) is 0 Å². The minimum absolute atomic E-state index is 0.110. The van der Waals surface area contributed by atoms with E-state index in [-0.39, 0.29) is 6.04 Å². The topological polar surface area (TPSA) is 61.0 Å². The molecule has 0 fully saturated rings. The minimum Gasteiger partial charge on any atom is -0.371 e. The van der Waals surface area contributed by atoms with Crippen molar-refractivity contribution in [2.45, 2.75) is 38.8 Å². The third-order valence-electron chi connectivity index (χ3n) is 2.29. The van der Waals surface area contributed by atoms with Crippen molar-refractivity contribution in [1.82, 2.24) is 9.97 Å². The number of hydrogen-bond donors (Lipinski definition) is 1. The van der Waals surface area contributed by atoms with Crippen molar-refractivity contribution in [3.8, 4) is 0 Å². The summed E-state index contributed by atoms with van der Waals surface area (Å²) in [5.74, 6) is 0.697. The third kappa shape index (κ3) is 3.25. The second-order valence-corrected chi connectivity index (χ2v) is 4.27. The first-order valence-corrected chi connectivity index (χ1v) is 5.09. The molecule has 15 heavy (non-hydrogen) atoms. The molecule has 0 bridgehead atoms. The van der Waals surface area contributed by atoms with Crippen molar-refractivity contribution in [3.63, 3.8) is 0 Å². The van der Waals surface area contributed by atoms with Crippen LogP contribution in [0.2, 0.25) is 0 Å². The van der Waals surface area contributed by atoms with E-state index >= 15 is 0 Å². The highest BCUT2D eigenvalue weighted by molar-refractivity contribution is 5.08. The molecular formula is C11H19N3O. The average molecular weight is 209 g/mol. The van der Waals surface area contributed by atoms with Crippen molar-refractivity contribution in [3.05, 3.63) is 23.8 Å². The summed E-state index contributed by atoms with van der Waals surface area (Å²) in [6.07, 6.45) is 2.51. The molecule has 0 spiro atoms. The molecule has 0 aliphatic heterocycles. The monoisotopic (exact) mass is 209 g/mol. The van der Waals surface area contributed by atoms with Crippen LogP contribution in [0.3, 0.4) is 0 Å². The second kappa shape index (κ2) is 4.68. The number of ether oxygens (including phenoxy) is 1. The highest BCUT2D eigenvalue weighted by Gasteiger charge is 2.23. The molecule has 4 heteroatoms. The molecule has 4 nitrogen and oxygen atoms in total. The Morgan fingerprint density at radius 1 is 1.53 bits per heavy atom. The molecule has 1 rings (SSSR count). The Labute approximate surface area is 90.9 Å². The molecule has 1 heterocycles. The van der Waals surface area contributed by atoms with E-state index in [0.29, 0.717) is 5.82 Å². The maximum atomic E-state index is 5.72. The predicted octanol–water partition coefficient (Wildman–Crippen LogP) is 1.25. The van der Waals surface area contributed by atoms with Gasteiger partial charge in [0, 0.05) is 31.5 Å². The fourth-order valence-corrected chi connectivity index (χ4v) is 1.22. The molecule has 1 unspecified atom stereocenters. The zero-order valence-electron chi connectivity index (χ0n) is 9.82. The molecule has 0 saturated carbocycles. The van der Waals surface area contributed by atoms with Crippen molar-refractivity contribution >= 4 is 0 Å². The normalized spacial score (nSPS) is 13.9.